The number of aliphatic imine (C=N–C) groups is 1. The normalized spacial score (nSPS) is 23.6. The van der Waals surface area contributed by atoms with Gasteiger partial charge in [-0.15, -0.1) is 0 Å². The number of alkyl carbamates (subject to hydrolysis) is 1. The summed E-state index contributed by atoms with van der Waals surface area (Å²) in [5, 5.41) is 3.44. The number of thioether (sulfide) groups is 1. The van der Waals surface area contributed by atoms with E-state index in [0.29, 0.717) is 20.9 Å². The zero-order chi connectivity index (χ0) is 23.0. The van der Waals surface area contributed by atoms with Crippen molar-refractivity contribution in [2.45, 2.75) is 44.1 Å². The van der Waals surface area contributed by atoms with E-state index in [0.717, 1.165) is 0 Å². The molecular formula is C19H23Cl2N3O5S2. The molecule has 0 spiro atoms. The lowest BCUT2D eigenvalue weighted by Crippen LogP contribution is -2.38. The molecular weight excluding hydrogens is 485 g/mol. The van der Waals surface area contributed by atoms with Gasteiger partial charge in [0, 0.05) is 23.2 Å². The quantitative estimate of drug-likeness (QED) is 0.664. The molecule has 1 aromatic carbocycles. The molecule has 2 amide bonds. The van der Waals surface area contributed by atoms with Crippen LogP contribution >= 0.6 is 35.0 Å². The lowest BCUT2D eigenvalue weighted by Gasteiger charge is -2.25. The molecule has 12 heteroatoms. The molecule has 0 bridgehead atoms. The first-order valence-electron chi connectivity index (χ1n) is 9.54. The van der Waals surface area contributed by atoms with Gasteiger partial charge in [0.1, 0.15) is 5.60 Å². The molecule has 31 heavy (non-hydrogen) atoms. The number of hydrogen-bond donors (Lipinski definition) is 1. The molecule has 2 aliphatic heterocycles. The summed E-state index contributed by atoms with van der Waals surface area (Å²) in [7, 11) is -3.19. The molecule has 8 nitrogen and oxygen atoms in total. The molecule has 170 valence electrons. The number of fused-ring (bicyclic) bond motifs is 1. The molecule has 1 N–H and O–H groups in total. The van der Waals surface area contributed by atoms with Gasteiger partial charge in [0.05, 0.1) is 28.3 Å². The monoisotopic (exact) mass is 507 g/mol. The fourth-order valence-electron chi connectivity index (χ4n) is 3.27. The number of rotatable bonds is 4. The number of amidine groups is 1. The summed E-state index contributed by atoms with van der Waals surface area (Å²) < 4.78 is 29.4. The maximum atomic E-state index is 12.4. The number of benzene rings is 1. The number of carbonyl (C=O) groups excluding carboxylic acids is 2. The molecule has 1 aromatic rings. The third kappa shape index (κ3) is 6.27. The minimum absolute atomic E-state index is 0.0114. The van der Waals surface area contributed by atoms with Crippen molar-refractivity contribution in [1.82, 2.24) is 5.32 Å². The van der Waals surface area contributed by atoms with Gasteiger partial charge in [-0.2, -0.15) is 4.99 Å². The molecule has 2 fully saturated rings. The van der Waals surface area contributed by atoms with Gasteiger partial charge in [-0.3, -0.25) is 4.79 Å². The van der Waals surface area contributed by atoms with Crippen LogP contribution in [0.15, 0.2) is 23.2 Å². The summed E-state index contributed by atoms with van der Waals surface area (Å²) >= 11 is 13.6. The van der Waals surface area contributed by atoms with Crippen LogP contribution in [0, 0.1) is 0 Å². The van der Waals surface area contributed by atoms with Crippen LogP contribution < -0.4 is 10.2 Å². The Kier molecular flexibility index (Phi) is 7.15. The second-order valence-corrected chi connectivity index (χ2v) is 12.4. The van der Waals surface area contributed by atoms with E-state index in [2.05, 4.69) is 10.3 Å². The summed E-state index contributed by atoms with van der Waals surface area (Å²) in [6.07, 6.45) is -0.642. The largest absolute Gasteiger partial charge is 0.444 e. The van der Waals surface area contributed by atoms with Gasteiger partial charge in [-0.1, -0.05) is 35.0 Å². The second kappa shape index (κ2) is 9.17. The van der Waals surface area contributed by atoms with Crippen LogP contribution in [0.1, 0.15) is 27.2 Å². The number of hydrogen-bond acceptors (Lipinski definition) is 6. The number of nitrogens with zero attached hydrogens (tertiary/aromatic N) is 2. The molecule has 0 unspecified atom stereocenters. The average molecular weight is 508 g/mol. The van der Waals surface area contributed by atoms with Gasteiger partial charge >= 0.3 is 6.09 Å². The Morgan fingerprint density at radius 1 is 1.29 bits per heavy atom. The van der Waals surface area contributed by atoms with Crippen LogP contribution in [0.25, 0.3) is 0 Å². The predicted octanol–water partition coefficient (Wildman–Crippen LogP) is 3.51. The zero-order valence-corrected chi connectivity index (χ0v) is 20.4. The van der Waals surface area contributed by atoms with Crippen LogP contribution in [0.2, 0.25) is 10.0 Å². The molecule has 2 atom stereocenters. The Hall–Kier alpha value is -1.49. The number of nitrogens with one attached hydrogen (secondary N) is 1. The van der Waals surface area contributed by atoms with Gasteiger partial charge in [0.2, 0.25) is 5.91 Å². The first-order valence-corrected chi connectivity index (χ1v) is 13.0. The van der Waals surface area contributed by atoms with Gasteiger partial charge < -0.3 is 15.0 Å². The van der Waals surface area contributed by atoms with Crippen LogP contribution in [0.5, 0.6) is 0 Å². The van der Waals surface area contributed by atoms with Crippen molar-refractivity contribution in [2.75, 3.05) is 23.0 Å². The van der Waals surface area contributed by atoms with Crippen LogP contribution in [-0.2, 0) is 19.4 Å². The lowest BCUT2D eigenvalue weighted by molar-refractivity contribution is -0.117. The Balaban J connectivity index is 1.75. The third-order valence-corrected chi connectivity index (χ3v) is 8.21. The van der Waals surface area contributed by atoms with Crippen LogP contribution in [0.3, 0.4) is 0 Å². The summed E-state index contributed by atoms with van der Waals surface area (Å²) in [6.45, 7) is 5.30. The van der Waals surface area contributed by atoms with E-state index < -0.39 is 27.4 Å². The molecule has 0 radical (unpaired) electrons. The molecule has 0 aliphatic carbocycles. The van der Waals surface area contributed by atoms with E-state index in [1.165, 1.54) is 11.8 Å². The average Bonchev–Trinajstić information content (AvgIpc) is 3.04. The van der Waals surface area contributed by atoms with E-state index in [1.807, 2.05) is 0 Å². The first kappa shape index (κ1) is 24.2. The highest BCUT2D eigenvalue weighted by molar-refractivity contribution is 8.16. The molecule has 3 rings (SSSR count). The summed E-state index contributed by atoms with van der Waals surface area (Å²) in [5.74, 6) is -0.481. The highest BCUT2D eigenvalue weighted by Gasteiger charge is 2.49. The molecule has 2 aliphatic rings. The number of ether oxygens (including phenoxy) is 1. The van der Waals surface area contributed by atoms with E-state index in [-0.39, 0.29) is 35.8 Å². The van der Waals surface area contributed by atoms with Gasteiger partial charge in [-0.25, -0.2) is 13.2 Å². The van der Waals surface area contributed by atoms with E-state index in [4.69, 9.17) is 27.9 Å². The number of sulfone groups is 1. The minimum atomic E-state index is -3.19. The summed E-state index contributed by atoms with van der Waals surface area (Å²) in [6, 6.07) is 4.52. The molecule has 2 saturated heterocycles. The SMILES string of the molecule is CC(C)(C)OC(=O)NCCC(=O)N=C1S[C@H]2CS(=O)(=O)C[C@H]2N1c1ccc(Cl)cc1Cl. The first-order chi connectivity index (χ1) is 14.3. The fraction of sp³-hybridized carbons (Fsp3) is 0.526. The highest BCUT2D eigenvalue weighted by atomic mass is 35.5. The third-order valence-electron chi connectivity index (χ3n) is 4.46. The second-order valence-electron chi connectivity index (χ2n) is 8.23. The summed E-state index contributed by atoms with van der Waals surface area (Å²) in [5.41, 5.74) is -0.0905. The molecule has 0 aromatic heterocycles. The fourth-order valence-corrected chi connectivity index (χ4v) is 7.69. The standard InChI is InChI=1S/C19H23Cl2N3O5S2/c1-19(2,3)29-18(26)22-7-6-16(25)23-17-24(13-5-4-11(20)8-12(13)21)14-9-31(27,28)10-15(14)30-17/h4-5,8,14-15H,6-7,9-10H2,1-3H3,(H,22,26)/t14-,15+/m1/s1. The van der Waals surface area contributed by atoms with Crippen molar-refractivity contribution in [1.29, 1.82) is 0 Å². The molecule has 0 saturated carbocycles. The van der Waals surface area contributed by atoms with Gasteiger partial charge in [0.15, 0.2) is 15.0 Å². The Morgan fingerprint density at radius 2 is 2.00 bits per heavy atom. The lowest BCUT2D eigenvalue weighted by atomic mass is 10.2. The number of carbonyl (C=O) groups is 2. The molecule has 2 heterocycles. The van der Waals surface area contributed by atoms with Crippen molar-refractivity contribution in [3.8, 4) is 0 Å². The van der Waals surface area contributed by atoms with Crippen LogP contribution in [-0.4, -0.2) is 60.5 Å². The highest BCUT2D eigenvalue weighted by Crippen LogP contribution is 2.43. The maximum absolute atomic E-state index is 12.4. The Morgan fingerprint density at radius 3 is 2.65 bits per heavy atom. The predicted molar refractivity (Wildman–Crippen MR) is 124 cm³/mol. The number of amides is 2. The van der Waals surface area contributed by atoms with Crippen LogP contribution in [0.4, 0.5) is 10.5 Å². The van der Waals surface area contributed by atoms with Gasteiger partial charge in [-0.05, 0) is 39.0 Å². The minimum Gasteiger partial charge on any atom is -0.444 e. The van der Waals surface area contributed by atoms with E-state index in [9.17, 15) is 18.0 Å². The van der Waals surface area contributed by atoms with Crippen molar-refractivity contribution >= 4 is 67.7 Å². The maximum Gasteiger partial charge on any atom is 0.407 e. The Bertz CT molecular complexity index is 1020. The van der Waals surface area contributed by atoms with Crippen molar-refractivity contribution in [2.24, 2.45) is 4.99 Å². The van der Waals surface area contributed by atoms with E-state index >= 15 is 0 Å². The smallest absolute Gasteiger partial charge is 0.407 e. The summed E-state index contributed by atoms with van der Waals surface area (Å²) in [4.78, 5) is 30.0. The number of halogens is 2. The van der Waals surface area contributed by atoms with Crippen molar-refractivity contribution in [3.05, 3.63) is 28.2 Å². The van der Waals surface area contributed by atoms with Crippen molar-refractivity contribution in [3.63, 3.8) is 0 Å². The van der Waals surface area contributed by atoms with E-state index in [1.54, 1.807) is 43.9 Å². The zero-order valence-electron chi connectivity index (χ0n) is 17.2. The van der Waals surface area contributed by atoms with Crippen molar-refractivity contribution < 1.29 is 22.7 Å². The van der Waals surface area contributed by atoms with Gasteiger partial charge in [0.25, 0.3) is 0 Å². The number of anilines is 1. The topological polar surface area (TPSA) is 105 Å². The Labute approximate surface area is 195 Å².